The van der Waals surface area contributed by atoms with E-state index in [1.807, 2.05) is 25.1 Å². The van der Waals surface area contributed by atoms with Crippen LogP contribution in [0, 0.1) is 12.8 Å². The molecule has 4 heteroatoms. The van der Waals surface area contributed by atoms with Crippen molar-refractivity contribution in [2.75, 3.05) is 6.61 Å². The second kappa shape index (κ2) is 7.90. The van der Waals surface area contributed by atoms with Crippen LogP contribution < -0.4 is 15.8 Å². The molecule has 1 amide bonds. The van der Waals surface area contributed by atoms with E-state index in [-0.39, 0.29) is 5.91 Å². The zero-order valence-corrected chi connectivity index (χ0v) is 12.9. The molecule has 0 aromatic heterocycles. The van der Waals surface area contributed by atoms with Gasteiger partial charge >= 0.3 is 0 Å². The quantitative estimate of drug-likeness (QED) is 0.805. The Hall–Kier alpha value is -1.55. The lowest BCUT2D eigenvalue weighted by atomic mass is 10.1. The molecule has 3 N–H and O–H groups in total. The molecule has 0 saturated carbocycles. The number of amides is 1. The highest BCUT2D eigenvalue weighted by atomic mass is 16.5. The van der Waals surface area contributed by atoms with Crippen molar-refractivity contribution in [2.45, 2.75) is 46.7 Å². The van der Waals surface area contributed by atoms with Gasteiger partial charge in [0.25, 0.3) is 0 Å². The van der Waals surface area contributed by atoms with Gasteiger partial charge in [-0.05, 0) is 37.8 Å². The fourth-order valence-corrected chi connectivity index (χ4v) is 1.69. The summed E-state index contributed by atoms with van der Waals surface area (Å²) in [6, 6.07) is 5.52. The molecule has 0 radical (unpaired) electrons. The summed E-state index contributed by atoms with van der Waals surface area (Å²) in [5.41, 5.74) is 7.66. The maximum Gasteiger partial charge on any atom is 0.236 e. The van der Waals surface area contributed by atoms with Crippen molar-refractivity contribution in [1.82, 2.24) is 5.32 Å². The number of nitrogens with two attached hydrogens (primary N) is 1. The van der Waals surface area contributed by atoms with Gasteiger partial charge in [-0.25, -0.2) is 0 Å². The summed E-state index contributed by atoms with van der Waals surface area (Å²) < 4.78 is 5.84. The zero-order valence-electron chi connectivity index (χ0n) is 12.9. The van der Waals surface area contributed by atoms with Crippen molar-refractivity contribution in [1.29, 1.82) is 0 Å². The van der Waals surface area contributed by atoms with Crippen LogP contribution in [0.1, 0.15) is 38.3 Å². The van der Waals surface area contributed by atoms with Gasteiger partial charge in [-0.3, -0.25) is 4.79 Å². The van der Waals surface area contributed by atoms with E-state index in [4.69, 9.17) is 10.5 Å². The number of hydrogen-bond acceptors (Lipinski definition) is 3. The molecule has 1 aromatic rings. The lowest BCUT2D eigenvalue weighted by Crippen LogP contribution is -2.37. The number of carbonyl (C=O) groups is 1. The van der Waals surface area contributed by atoms with Gasteiger partial charge in [-0.15, -0.1) is 0 Å². The fourth-order valence-electron chi connectivity index (χ4n) is 1.69. The topological polar surface area (TPSA) is 64.4 Å². The minimum absolute atomic E-state index is 0.154. The Morgan fingerprint density at radius 3 is 2.65 bits per heavy atom. The second-order valence-electron chi connectivity index (χ2n) is 5.65. The van der Waals surface area contributed by atoms with E-state index in [1.54, 1.807) is 6.92 Å². The molecule has 0 saturated heterocycles. The summed E-state index contributed by atoms with van der Waals surface area (Å²) in [6.45, 7) is 9.17. The predicted octanol–water partition coefficient (Wildman–Crippen LogP) is 2.38. The third-order valence-corrected chi connectivity index (χ3v) is 3.04. The molecular weight excluding hydrogens is 252 g/mol. The molecule has 0 bridgehead atoms. The van der Waals surface area contributed by atoms with Crippen molar-refractivity contribution in [3.05, 3.63) is 29.3 Å². The Bertz CT molecular complexity index is 442. The molecule has 1 rings (SSSR count). The van der Waals surface area contributed by atoms with E-state index in [2.05, 4.69) is 19.2 Å². The maximum absolute atomic E-state index is 11.5. The molecule has 0 aliphatic heterocycles. The molecule has 0 fully saturated rings. The second-order valence-corrected chi connectivity index (χ2v) is 5.65. The van der Waals surface area contributed by atoms with Crippen molar-refractivity contribution in [2.24, 2.45) is 11.7 Å². The van der Waals surface area contributed by atoms with Crippen LogP contribution in [0.3, 0.4) is 0 Å². The van der Waals surface area contributed by atoms with E-state index in [0.29, 0.717) is 19.1 Å². The highest BCUT2D eigenvalue weighted by Crippen LogP contribution is 2.21. The zero-order chi connectivity index (χ0) is 15.1. The van der Waals surface area contributed by atoms with Crippen LogP contribution in [-0.4, -0.2) is 18.6 Å². The van der Waals surface area contributed by atoms with Gasteiger partial charge < -0.3 is 15.8 Å². The Morgan fingerprint density at radius 2 is 2.05 bits per heavy atom. The lowest BCUT2D eigenvalue weighted by molar-refractivity contribution is -0.122. The van der Waals surface area contributed by atoms with E-state index in [0.717, 1.165) is 23.3 Å². The normalized spacial score (nSPS) is 12.3. The monoisotopic (exact) mass is 278 g/mol. The summed E-state index contributed by atoms with van der Waals surface area (Å²) in [6.07, 6.45) is 1.01. The molecule has 0 aliphatic carbocycles. The molecule has 0 spiro atoms. The standard InChI is InChI=1S/C16H26N2O2/c1-11(2)7-8-20-15-9-12(3)5-6-14(15)10-18-16(19)13(4)17/h5-6,9,11,13H,7-8,10,17H2,1-4H3,(H,18,19)/t13-/m0/s1. The minimum atomic E-state index is -0.495. The molecule has 1 aromatic carbocycles. The van der Waals surface area contributed by atoms with Crippen LogP contribution in [0.5, 0.6) is 5.75 Å². The minimum Gasteiger partial charge on any atom is -0.493 e. The Kier molecular flexibility index (Phi) is 6.52. The van der Waals surface area contributed by atoms with Gasteiger partial charge in [-0.1, -0.05) is 26.0 Å². The van der Waals surface area contributed by atoms with Gasteiger partial charge in [-0.2, -0.15) is 0 Å². The number of carbonyl (C=O) groups excluding carboxylic acids is 1. The smallest absolute Gasteiger partial charge is 0.236 e. The predicted molar refractivity (Wildman–Crippen MR) is 81.6 cm³/mol. The maximum atomic E-state index is 11.5. The molecule has 0 aliphatic rings. The number of benzene rings is 1. The van der Waals surface area contributed by atoms with Crippen LogP contribution in [-0.2, 0) is 11.3 Å². The molecule has 1 atom stereocenters. The molecule has 0 heterocycles. The Labute approximate surface area is 121 Å². The van der Waals surface area contributed by atoms with Crippen LogP contribution in [0.4, 0.5) is 0 Å². The first-order valence-electron chi connectivity index (χ1n) is 7.15. The SMILES string of the molecule is Cc1ccc(CNC(=O)[C@H](C)N)c(OCCC(C)C)c1. The summed E-state index contributed by atoms with van der Waals surface area (Å²) in [5.74, 6) is 1.30. The number of hydrogen-bond donors (Lipinski definition) is 2. The number of rotatable bonds is 7. The fraction of sp³-hybridized carbons (Fsp3) is 0.562. The van der Waals surface area contributed by atoms with Gasteiger partial charge in [0, 0.05) is 12.1 Å². The van der Waals surface area contributed by atoms with Crippen LogP contribution in [0.15, 0.2) is 18.2 Å². The molecule has 20 heavy (non-hydrogen) atoms. The van der Waals surface area contributed by atoms with E-state index >= 15 is 0 Å². The highest BCUT2D eigenvalue weighted by Gasteiger charge is 2.09. The Morgan fingerprint density at radius 1 is 1.35 bits per heavy atom. The molecule has 4 nitrogen and oxygen atoms in total. The third-order valence-electron chi connectivity index (χ3n) is 3.04. The first-order valence-corrected chi connectivity index (χ1v) is 7.15. The van der Waals surface area contributed by atoms with Crippen molar-refractivity contribution in [3.63, 3.8) is 0 Å². The number of nitrogens with one attached hydrogen (secondary N) is 1. The van der Waals surface area contributed by atoms with Crippen LogP contribution in [0.2, 0.25) is 0 Å². The van der Waals surface area contributed by atoms with Crippen LogP contribution >= 0.6 is 0 Å². The van der Waals surface area contributed by atoms with Gasteiger partial charge in [0.2, 0.25) is 5.91 Å². The van der Waals surface area contributed by atoms with E-state index in [1.165, 1.54) is 0 Å². The van der Waals surface area contributed by atoms with Gasteiger partial charge in [0.05, 0.1) is 12.6 Å². The lowest BCUT2D eigenvalue weighted by Gasteiger charge is -2.14. The first kappa shape index (κ1) is 16.5. The summed E-state index contributed by atoms with van der Waals surface area (Å²) in [5, 5.41) is 2.81. The average molecular weight is 278 g/mol. The molecular formula is C16H26N2O2. The highest BCUT2D eigenvalue weighted by molar-refractivity contribution is 5.80. The van der Waals surface area contributed by atoms with Crippen LogP contribution in [0.25, 0.3) is 0 Å². The Balaban J connectivity index is 2.67. The first-order chi connectivity index (χ1) is 9.40. The molecule has 0 unspecified atom stereocenters. The summed E-state index contributed by atoms with van der Waals surface area (Å²) in [7, 11) is 0. The van der Waals surface area contributed by atoms with E-state index in [9.17, 15) is 4.79 Å². The van der Waals surface area contributed by atoms with Gasteiger partial charge in [0.15, 0.2) is 0 Å². The van der Waals surface area contributed by atoms with E-state index < -0.39 is 6.04 Å². The van der Waals surface area contributed by atoms with Crippen molar-refractivity contribution < 1.29 is 9.53 Å². The van der Waals surface area contributed by atoms with Gasteiger partial charge in [0.1, 0.15) is 5.75 Å². The third kappa shape index (κ3) is 5.61. The largest absolute Gasteiger partial charge is 0.493 e. The van der Waals surface area contributed by atoms with Crippen molar-refractivity contribution >= 4 is 5.91 Å². The average Bonchev–Trinajstić information content (AvgIpc) is 2.36. The summed E-state index contributed by atoms with van der Waals surface area (Å²) >= 11 is 0. The molecule has 112 valence electrons. The number of aryl methyl sites for hydroxylation is 1. The summed E-state index contributed by atoms with van der Waals surface area (Å²) in [4.78, 5) is 11.5. The number of ether oxygens (including phenoxy) is 1. The van der Waals surface area contributed by atoms with Crippen molar-refractivity contribution in [3.8, 4) is 5.75 Å².